The minimum absolute atomic E-state index is 0.133. The molecule has 6 heteroatoms. The molecule has 1 unspecified atom stereocenters. The summed E-state index contributed by atoms with van der Waals surface area (Å²) < 4.78 is 21.9. The summed E-state index contributed by atoms with van der Waals surface area (Å²) in [4.78, 5) is 17.2. The molecule has 0 radical (unpaired) electrons. The average molecular weight is 391 g/mol. The van der Waals surface area contributed by atoms with Gasteiger partial charge < -0.3 is 14.3 Å². The SMILES string of the molecule is CCc1ccc2c(CC(=O)NC(c3ccccc3F)c3nccn3C)coc2c1. The summed E-state index contributed by atoms with van der Waals surface area (Å²) in [5, 5.41) is 3.85. The van der Waals surface area contributed by atoms with Crippen LogP contribution in [0.15, 0.2) is 65.5 Å². The zero-order chi connectivity index (χ0) is 20.4. The van der Waals surface area contributed by atoms with E-state index in [9.17, 15) is 9.18 Å². The highest BCUT2D eigenvalue weighted by Crippen LogP contribution is 2.25. The minimum atomic E-state index is -0.687. The first-order valence-electron chi connectivity index (χ1n) is 9.56. The lowest BCUT2D eigenvalue weighted by Crippen LogP contribution is -2.32. The number of amides is 1. The van der Waals surface area contributed by atoms with Crippen molar-refractivity contribution in [3.63, 3.8) is 0 Å². The van der Waals surface area contributed by atoms with E-state index >= 15 is 0 Å². The first-order chi connectivity index (χ1) is 14.1. The van der Waals surface area contributed by atoms with E-state index in [1.165, 1.54) is 11.6 Å². The molecule has 148 valence electrons. The Labute approximate surface area is 168 Å². The third-order valence-corrected chi connectivity index (χ3v) is 5.12. The van der Waals surface area contributed by atoms with Crippen molar-refractivity contribution >= 4 is 16.9 Å². The fourth-order valence-corrected chi connectivity index (χ4v) is 3.52. The van der Waals surface area contributed by atoms with Gasteiger partial charge in [0.1, 0.15) is 23.3 Å². The smallest absolute Gasteiger partial charge is 0.225 e. The zero-order valence-electron chi connectivity index (χ0n) is 16.4. The van der Waals surface area contributed by atoms with E-state index in [2.05, 4.69) is 17.2 Å². The highest BCUT2D eigenvalue weighted by atomic mass is 19.1. The van der Waals surface area contributed by atoms with Crippen LogP contribution in [0.3, 0.4) is 0 Å². The summed E-state index contributed by atoms with van der Waals surface area (Å²) in [6.45, 7) is 2.08. The predicted octanol–water partition coefficient (Wildman–Crippen LogP) is 4.32. The molecule has 5 nitrogen and oxygen atoms in total. The second-order valence-electron chi connectivity index (χ2n) is 7.04. The zero-order valence-corrected chi connectivity index (χ0v) is 16.4. The summed E-state index contributed by atoms with van der Waals surface area (Å²) in [6.07, 6.45) is 6.06. The van der Waals surface area contributed by atoms with Gasteiger partial charge in [-0.15, -0.1) is 0 Å². The fourth-order valence-electron chi connectivity index (χ4n) is 3.52. The molecular formula is C23H22FN3O2. The molecule has 1 N–H and O–H groups in total. The number of carbonyl (C=O) groups is 1. The van der Waals surface area contributed by atoms with Crippen molar-refractivity contribution < 1.29 is 13.6 Å². The van der Waals surface area contributed by atoms with Crippen molar-refractivity contribution in [1.82, 2.24) is 14.9 Å². The fraction of sp³-hybridized carbons (Fsp3) is 0.217. The van der Waals surface area contributed by atoms with Crippen LogP contribution in [0.4, 0.5) is 4.39 Å². The maximum atomic E-state index is 14.5. The van der Waals surface area contributed by atoms with Crippen LogP contribution in [0.25, 0.3) is 11.0 Å². The number of furan rings is 1. The van der Waals surface area contributed by atoms with E-state index in [0.29, 0.717) is 11.4 Å². The van der Waals surface area contributed by atoms with Crippen molar-refractivity contribution in [2.24, 2.45) is 7.05 Å². The van der Waals surface area contributed by atoms with Gasteiger partial charge in [0, 0.05) is 36.0 Å². The van der Waals surface area contributed by atoms with E-state index < -0.39 is 6.04 Å². The Bertz CT molecular complexity index is 1160. The molecular weight excluding hydrogens is 369 g/mol. The highest BCUT2D eigenvalue weighted by Gasteiger charge is 2.24. The molecule has 0 aliphatic rings. The Kier molecular flexibility index (Phi) is 5.16. The number of rotatable bonds is 6. The number of carbonyl (C=O) groups excluding carboxylic acids is 1. The summed E-state index contributed by atoms with van der Waals surface area (Å²) >= 11 is 0. The molecule has 2 aromatic heterocycles. The molecule has 1 amide bonds. The third kappa shape index (κ3) is 3.78. The van der Waals surface area contributed by atoms with Crippen molar-refractivity contribution in [2.45, 2.75) is 25.8 Å². The molecule has 0 bridgehead atoms. The lowest BCUT2D eigenvalue weighted by Gasteiger charge is -2.19. The van der Waals surface area contributed by atoms with Crippen molar-refractivity contribution in [2.75, 3.05) is 0 Å². The van der Waals surface area contributed by atoms with Crippen LogP contribution in [0.2, 0.25) is 0 Å². The first kappa shape index (κ1) is 18.9. The van der Waals surface area contributed by atoms with Gasteiger partial charge in [0.25, 0.3) is 0 Å². The van der Waals surface area contributed by atoms with Crippen molar-refractivity contribution in [1.29, 1.82) is 0 Å². The lowest BCUT2D eigenvalue weighted by molar-refractivity contribution is -0.121. The number of imidazole rings is 1. The Morgan fingerprint density at radius 2 is 2.10 bits per heavy atom. The van der Waals surface area contributed by atoms with Gasteiger partial charge in [0.05, 0.1) is 12.7 Å². The Morgan fingerprint density at radius 3 is 2.83 bits per heavy atom. The minimum Gasteiger partial charge on any atom is -0.464 e. The van der Waals surface area contributed by atoms with Crippen LogP contribution in [-0.2, 0) is 24.7 Å². The number of halogens is 1. The summed E-state index contributed by atoms with van der Waals surface area (Å²) in [5.74, 6) is -0.0572. The number of fused-ring (bicyclic) bond motifs is 1. The standard InChI is InChI=1S/C23H22FN3O2/c1-3-15-8-9-17-16(14-29-20(17)12-15)13-21(28)26-22(23-25-10-11-27(23)2)18-6-4-5-7-19(18)24/h4-12,14,22H,3,13H2,1-2H3,(H,26,28). The molecule has 0 saturated carbocycles. The van der Waals surface area contributed by atoms with Crippen LogP contribution in [-0.4, -0.2) is 15.5 Å². The van der Waals surface area contributed by atoms with E-state index in [0.717, 1.165) is 23.0 Å². The molecule has 4 aromatic rings. The molecule has 2 heterocycles. The molecule has 0 spiro atoms. The largest absolute Gasteiger partial charge is 0.464 e. The van der Waals surface area contributed by atoms with Gasteiger partial charge in [-0.2, -0.15) is 0 Å². The van der Waals surface area contributed by atoms with Crippen molar-refractivity contribution in [3.05, 3.63) is 89.5 Å². The third-order valence-electron chi connectivity index (χ3n) is 5.12. The predicted molar refractivity (Wildman–Crippen MR) is 109 cm³/mol. The molecule has 0 fully saturated rings. The summed E-state index contributed by atoms with van der Waals surface area (Å²) in [7, 11) is 1.82. The number of hydrogen-bond acceptors (Lipinski definition) is 3. The van der Waals surface area contributed by atoms with Gasteiger partial charge in [-0.3, -0.25) is 4.79 Å². The molecule has 0 aliphatic heterocycles. The molecule has 29 heavy (non-hydrogen) atoms. The van der Waals surface area contributed by atoms with Crippen LogP contribution in [0.5, 0.6) is 0 Å². The van der Waals surface area contributed by atoms with Crippen LogP contribution in [0.1, 0.15) is 35.5 Å². The van der Waals surface area contributed by atoms with E-state index in [1.54, 1.807) is 41.4 Å². The van der Waals surface area contributed by atoms with Gasteiger partial charge in [-0.1, -0.05) is 37.3 Å². The van der Waals surface area contributed by atoms with Gasteiger partial charge in [-0.25, -0.2) is 9.37 Å². The maximum absolute atomic E-state index is 14.5. The molecule has 4 rings (SSSR count). The van der Waals surface area contributed by atoms with Crippen molar-refractivity contribution in [3.8, 4) is 0 Å². The van der Waals surface area contributed by atoms with Crippen LogP contribution in [0, 0.1) is 5.82 Å². The van der Waals surface area contributed by atoms with Gasteiger partial charge in [0.2, 0.25) is 5.91 Å². The van der Waals surface area contributed by atoms with E-state index in [-0.39, 0.29) is 18.1 Å². The maximum Gasteiger partial charge on any atom is 0.225 e. The molecule has 1 atom stereocenters. The molecule has 0 aliphatic carbocycles. The highest BCUT2D eigenvalue weighted by molar-refractivity contribution is 5.88. The van der Waals surface area contributed by atoms with Crippen LogP contribution >= 0.6 is 0 Å². The monoisotopic (exact) mass is 391 g/mol. The lowest BCUT2D eigenvalue weighted by atomic mass is 10.0. The molecule has 2 aromatic carbocycles. The van der Waals surface area contributed by atoms with Gasteiger partial charge in [-0.05, 0) is 24.1 Å². The topological polar surface area (TPSA) is 60.1 Å². The second-order valence-corrected chi connectivity index (χ2v) is 7.04. The molecule has 0 saturated heterocycles. The number of benzene rings is 2. The van der Waals surface area contributed by atoms with Crippen LogP contribution < -0.4 is 5.32 Å². The Balaban J connectivity index is 1.61. The number of hydrogen-bond donors (Lipinski definition) is 1. The average Bonchev–Trinajstić information content (AvgIpc) is 3.32. The van der Waals surface area contributed by atoms with E-state index in [1.807, 2.05) is 25.2 Å². The van der Waals surface area contributed by atoms with E-state index in [4.69, 9.17) is 4.42 Å². The first-order valence-corrected chi connectivity index (χ1v) is 9.56. The number of nitrogens with zero attached hydrogens (tertiary/aromatic N) is 2. The van der Waals surface area contributed by atoms with Gasteiger partial charge in [0.15, 0.2) is 0 Å². The second kappa shape index (κ2) is 7.91. The number of aryl methyl sites for hydroxylation is 2. The summed E-state index contributed by atoms with van der Waals surface area (Å²) in [6, 6.07) is 11.7. The summed E-state index contributed by atoms with van der Waals surface area (Å²) in [5.41, 5.74) is 3.12. The van der Waals surface area contributed by atoms with Gasteiger partial charge >= 0.3 is 0 Å². The normalized spacial score (nSPS) is 12.2. The quantitative estimate of drug-likeness (QED) is 0.533. The number of aromatic nitrogens is 2. The Hall–Kier alpha value is -3.41. The Morgan fingerprint density at radius 1 is 1.28 bits per heavy atom. The number of nitrogens with one attached hydrogen (secondary N) is 1.